The van der Waals surface area contributed by atoms with E-state index < -0.39 is 17.2 Å². The zero-order valence-corrected chi connectivity index (χ0v) is 14.4. The number of fused-ring (bicyclic) bond motifs is 1. The molecule has 1 saturated heterocycles. The van der Waals surface area contributed by atoms with Gasteiger partial charge in [0.2, 0.25) is 5.95 Å². The number of hydrogen-bond acceptors (Lipinski definition) is 6. The number of nitrogens with one attached hydrogen (secondary N) is 1. The molecule has 1 aromatic carbocycles. The van der Waals surface area contributed by atoms with Gasteiger partial charge in [0.1, 0.15) is 11.5 Å². The Morgan fingerprint density at radius 2 is 2.15 bits per heavy atom. The lowest BCUT2D eigenvalue weighted by molar-refractivity contribution is 0.195. The number of benzene rings is 1. The number of aryl methyl sites for hydroxylation is 1. The molecule has 3 heterocycles. The largest absolute Gasteiger partial charge is 0.448 e. The monoisotopic (exact) mass is 374 g/mol. The molecule has 1 N–H and O–H groups in total. The second kappa shape index (κ2) is 6.92. The molecule has 3 aromatic rings. The molecule has 9 heteroatoms. The van der Waals surface area contributed by atoms with Gasteiger partial charge in [-0.1, -0.05) is 0 Å². The van der Waals surface area contributed by atoms with Crippen LogP contribution in [0, 0.1) is 11.6 Å². The molecule has 0 radical (unpaired) electrons. The van der Waals surface area contributed by atoms with Crippen LogP contribution in [0.3, 0.4) is 0 Å². The van der Waals surface area contributed by atoms with Crippen LogP contribution in [0.15, 0.2) is 35.3 Å². The summed E-state index contributed by atoms with van der Waals surface area (Å²) in [6, 6.07) is 4.43. The van der Waals surface area contributed by atoms with Gasteiger partial charge in [-0.3, -0.25) is 9.36 Å². The molecule has 1 fully saturated rings. The van der Waals surface area contributed by atoms with Gasteiger partial charge in [0.15, 0.2) is 17.3 Å². The number of anilines is 1. The maximum atomic E-state index is 13.8. The van der Waals surface area contributed by atoms with Crippen molar-refractivity contribution in [2.45, 2.75) is 12.5 Å². The highest BCUT2D eigenvalue weighted by Crippen LogP contribution is 2.25. The fraction of sp³-hybridized carbons (Fsp3) is 0.278. The van der Waals surface area contributed by atoms with Gasteiger partial charge in [-0.2, -0.15) is 4.98 Å². The van der Waals surface area contributed by atoms with Gasteiger partial charge in [0, 0.05) is 31.3 Å². The van der Waals surface area contributed by atoms with Crippen LogP contribution in [0.1, 0.15) is 6.42 Å². The Kier molecular flexibility index (Phi) is 4.44. The van der Waals surface area contributed by atoms with Crippen molar-refractivity contribution < 1.29 is 18.3 Å². The van der Waals surface area contributed by atoms with E-state index >= 15 is 0 Å². The number of rotatable bonds is 4. The summed E-state index contributed by atoms with van der Waals surface area (Å²) in [5.74, 6) is -1.58. The Hall–Kier alpha value is -3.07. The molecule has 0 saturated carbocycles. The Bertz CT molecular complexity index is 1060. The van der Waals surface area contributed by atoms with E-state index in [4.69, 9.17) is 9.47 Å². The van der Waals surface area contributed by atoms with E-state index in [0.717, 1.165) is 18.6 Å². The van der Waals surface area contributed by atoms with E-state index in [1.165, 1.54) is 17.7 Å². The van der Waals surface area contributed by atoms with Crippen molar-refractivity contribution in [3.8, 4) is 11.5 Å². The van der Waals surface area contributed by atoms with Crippen molar-refractivity contribution >= 4 is 17.0 Å². The lowest BCUT2D eigenvalue weighted by atomic mass is 10.3. The summed E-state index contributed by atoms with van der Waals surface area (Å²) in [6.45, 7) is 1.26. The molecule has 0 spiro atoms. The Labute approximate surface area is 152 Å². The minimum Gasteiger partial charge on any atom is -0.448 e. The van der Waals surface area contributed by atoms with Crippen LogP contribution in [0.2, 0.25) is 0 Å². The fourth-order valence-corrected chi connectivity index (χ4v) is 2.87. The second-order valence-corrected chi connectivity index (χ2v) is 6.23. The van der Waals surface area contributed by atoms with E-state index in [2.05, 4.69) is 15.3 Å². The molecule has 2 aromatic heterocycles. The van der Waals surface area contributed by atoms with Gasteiger partial charge in [-0.25, -0.2) is 13.8 Å². The predicted molar refractivity (Wildman–Crippen MR) is 94.1 cm³/mol. The van der Waals surface area contributed by atoms with Crippen LogP contribution in [-0.2, 0) is 11.8 Å². The summed E-state index contributed by atoms with van der Waals surface area (Å²) in [5, 5.41) is 3.71. The minimum atomic E-state index is -0.897. The fourth-order valence-electron chi connectivity index (χ4n) is 2.87. The van der Waals surface area contributed by atoms with E-state index in [9.17, 15) is 13.6 Å². The zero-order chi connectivity index (χ0) is 19.0. The summed E-state index contributed by atoms with van der Waals surface area (Å²) in [6.07, 6.45) is 2.41. The van der Waals surface area contributed by atoms with Crippen LogP contribution < -0.4 is 15.6 Å². The van der Waals surface area contributed by atoms with Gasteiger partial charge in [0.05, 0.1) is 12.6 Å². The lowest BCUT2D eigenvalue weighted by Gasteiger charge is -2.13. The summed E-state index contributed by atoms with van der Waals surface area (Å²) in [5.41, 5.74) is -0.0941. The maximum absolute atomic E-state index is 13.8. The first kappa shape index (κ1) is 17.3. The highest BCUT2D eigenvalue weighted by molar-refractivity contribution is 5.76. The van der Waals surface area contributed by atoms with E-state index in [-0.39, 0.29) is 17.5 Å². The van der Waals surface area contributed by atoms with Crippen LogP contribution in [0.5, 0.6) is 11.5 Å². The standard InChI is InChI=1S/C18H16F2N4O3/c1-24-16-10(8-21-18(23-16)22-12-4-5-26-9-12)6-15(17(24)25)27-14-3-2-11(19)7-13(14)20/h2-3,6-8,12H,4-5,9H2,1H3,(H,21,22,23). The first-order valence-electron chi connectivity index (χ1n) is 8.35. The van der Waals surface area contributed by atoms with E-state index in [0.29, 0.717) is 36.3 Å². The molecule has 4 rings (SSSR count). The molecule has 1 unspecified atom stereocenters. The highest BCUT2D eigenvalue weighted by atomic mass is 19.1. The Morgan fingerprint density at radius 1 is 1.30 bits per heavy atom. The molecule has 1 aliphatic rings. The number of ether oxygens (including phenoxy) is 2. The average molecular weight is 374 g/mol. The molecule has 27 heavy (non-hydrogen) atoms. The van der Waals surface area contributed by atoms with Crippen LogP contribution in [-0.4, -0.2) is 33.8 Å². The third kappa shape index (κ3) is 3.45. The van der Waals surface area contributed by atoms with Gasteiger partial charge >= 0.3 is 0 Å². The van der Waals surface area contributed by atoms with Crippen molar-refractivity contribution in [2.75, 3.05) is 18.5 Å². The molecule has 1 aliphatic heterocycles. The summed E-state index contributed by atoms with van der Waals surface area (Å²) in [7, 11) is 1.54. The van der Waals surface area contributed by atoms with Crippen molar-refractivity contribution in [3.05, 3.63) is 52.5 Å². The molecular weight excluding hydrogens is 358 g/mol. The second-order valence-electron chi connectivity index (χ2n) is 6.23. The SMILES string of the molecule is Cn1c(=O)c(Oc2ccc(F)cc2F)cc2cnc(NC3CCOC3)nc21. The molecular formula is C18H16F2N4O3. The number of halogens is 2. The van der Waals surface area contributed by atoms with Gasteiger partial charge in [-0.05, 0) is 24.6 Å². The average Bonchev–Trinajstić information content (AvgIpc) is 3.15. The van der Waals surface area contributed by atoms with Crippen molar-refractivity contribution in [2.24, 2.45) is 7.05 Å². The van der Waals surface area contributed by atoms with E-state index in [1.807, 2.05) is 0 Å². The van der Waals surface area contributed by atoms with Gasteiger partial charge in [0.25, 0.3) is 5.56 Å². The maximum Gasteiger partial charge on any atom is 0.294 e. The number of nitrogens with zero attached hydrogens (tertiary/aromatic N) is 3. The van der Waals surface area contributed by atoms with E-state index in [1.54, 1.807) is 6.20 Å². The third-order valence-corrected chi connectivity index (χ3v) is 4.29. The zero-order valence-electron chi connectivity index (χ0n) is 14.4. The summed E-state index contributed by atoms with van der Waals surface area (Å²) in [4.78, 5) is 21.2. The first-order chi connectivity index (χ1) is 13.0. The molecule has 0 aliphatic carbocycles. The highest BCUT2D eigenvalue weighted by Gasteiger charge is 2.18. The molecule has 7 nitrogen and oxygen atoms in total. The lowest BCUT2D eigenvalue weighted by Crippen LogP contribution is -2.22. The van der Waals surface area contributed by atoms with Gasteiger partial charge < -0.3 is 14.8 Å². The Morgan fingerprint density at radius 3 is 2.89 bits per heavy atom. The first-order valence-corrected chi connectivity index (χ1v) is 8.35. The predicted octanol–water partition coefficient (Wildman–Crippen LogP) is 2.60. The normalized spacial score (nSPS) is 16.6. The quantitative estimate of drug-likeness (QED) is 0.756. The number of pyridine rings is 1. The van der Waals surface area contributed by atoms with Gasteiger partial charge in [-0.15, -0.1) is 0 Å². The molecule has 1 atom stereocenters. The Balaban J connectivity index is 1.69. The van der Waals surface area contributed by atoms with Crippen molar-refractivity contribution in [3.63, 3.8) is 0 Å². The van der Waals surface area contributed by atoms with Crippen LogP contribution >= 0.6 is 0 Å². The topological polar surface area (TPSA) is 78.3 Å². The minimum absolute atomic E-state index is 0.107. The summed E-state index contributed by atoms with van der Waals surface area (Å²) < 4.78 is 38.8. The molecule has 140 valence electrons. The third-order valence-electron chi connectivity index (χ3n) is 4.29. The van der Waals surface area contributed by atoms with Crippen molar-refractivity contribution in [1.82, 2.24) is 14.5 Å². The number of aromatic nitrogens is 3. The molecule has 0 bridgehead atoms. The van der Waals surface area contributed by atoms with Crippen LogP contribution in [0.25, 0.3) is 11.0 Å². The van der Waals surface area contributed by atoms with Crippen molar-refractivity contribution in [1.29, 1.82) is 0 Å². The smallest absolute Gasteiger partial charge is 0.294 e. The summed E-state index contributed by atoms with van der Waals surface area (Å²) >= 11 is 0. The molecule has 0 amide bonds. The van der Waals surface area contributed by atoms with Crippen LogP contribution in [0.4, 0.5) is 14.7 Å². The number of hydrogen-bond donors (Lipinski definition) is 1.